The molecule has 37 heavy (non-hydrogen) atoms. The van der Waals surface area contributed by atoms with Gasteiger partial charge in [0.1, 0.15) is 23.6 Å². The molecule has 0 saturated heterocycles. The number of aromatic nitrogens is 3. The number of carbonyl (C=O) groups excluding carboxylic acids is 3. The van der Waals surface area contributed by atoms with Gasteiger partial charge in [0.25, 0.3) is 5.56 Å². The summed E-state index contributed by atoms with van der Waals surface area (Å²) in [5.74, 6) is -3.12. The number of benzene rings is 2. The topological polar surface area (TPSA) is 153 Å². The Balaban J connectivity index is 1.66. The number of nitrogens with two attached hydrogens (primary N) is 1. The van der Waals surface area contributed by atoms with Crippen LogP contribution in [-0.4, -0.2) is 45.6 Å². The second kappa shape index (κ2) is 10.7. The zero-order valence-electron chi connectivity index (χ0n) is 19.7. The van der Waals surface area contributed by atoms with Crippen LogP contribution in [0.15, 0.2) is 76.3 Å². The van der Waals surface area contributed by atoms with Gasteiger partial charge in [-0.05, 0) is 17.7 Å². The summed E-state index contributed by atoms with van der Waals surface area (Å²) >= 11 is 0. The molecule has 0 aliphatic rings. The van der Waals surface area contributed by atoms with E-state index < -0.39 is 53.5 Å². The third kappa shape index (κ3) is 5.30. The number of hydrogen-bond donors (Lipinski definition) is 1. The lowest BCUT2D eigenvalue weighted by molar-refractivity contribution is -0.141. The summed E-state index contributed by atoms with van der Waals surface area (Å²) in [7, 11) is 1.10. The highest BCUT2D eigenvalue weighted by Gasteiger charge is 2.25. The maximum Gasteiger partial charge on any atom is 0.357 e. The molecule has 11 nitrogen and oxygen atoms in total. The lowest BCUT2D eigenvalue weighted by Gasteiger charge is -2.16. The summed E-state index contributed by atoms with van der Waals surface area (Å²) in [6, 6.07) is 19.0. The summed E-state index contributed by atoms with van der Waals surface area (Å²) in [5, 5.41) is 0.815. The Kier molecular flexibility index (Phi) is 7.23. The second-order valence-electron chi connectivity index (χ2n) is 7.97. The number of Topliss-reactive ketones (excluding diaryl/α,β-unsaturated/α-hetero) is 1. The van der Waals surface area contributed by atoms with Gasteiger partial charge in [-0.3, -0.25) is 19.0 Å². The maximum atomic E-state index is 13.1. The lowest BCUT2D eigenvalue weighted by atomic mass is 10.1. The molecule has 4 rings (SSSR count). The highest BCUT2D eigenvalue weighted by molar-refractivity contribution is 6.02. The average Bonchev–Trinajstić information content (AvgIpc) is 2.92. The molecule has 2 aromatic heterocycles. The van der Waals surface area contributed by atoms with Crippen LogP contribution in [0, 0.1) is 0 Å². The van der Waals surface area contributed by atoms with Crippen molar-refractivity contribution in [2.75, 3.05) is 19.5 Å². The molecule has 0 aliphatic heterocycles. The maximum absolute atomic E-state index is 13.1. The number of hydrogen-bond acceptors (Lipinski definition) is 9. The van der Waals surface area contributed by atoms with Crippen molar-refractivity contribution >= 4 is 34.4 Å². The molecule has 0 radical (unpaired) electrons. The first-order valence-electron chi connectivity index (χ1n) is 11.1. The number of nitrogens with zero attached hydrogens (tertiary/aromatic N) is 3. The number of fused-ring (bicyclic) bond motifs is 1. The molecule has 0 fully saturated rings. The zero-order valence-corrected chi connectivity index (χ0v) is 19.7. The van der Waals surface area contributed by atoms with Crippen molar-refractivity contribution in [1.29, 1.82) is 0 Å². The number of anilines is 1. The number of esters is 2. The van der Waals surface area contributed by atoms with Gasteiger partial charge >= 0.3 is 17.6 Å². The Hall–Kier alpha value is -5.06. The fourth-order valence-corrected chi connectivity index (χ4v) is 3.69. The standard InChI is InChI=1S/C26H22N4O7/c1-36-21(32)14-30-24(33)22(23(27)29(26(30)35)13-16-7-3-2-4-8-16)20(31)15-37-25(34)19-12-11-17-9-5-6-10-18(17)28-19/h2-12H,13-15,27H2,1H3. The van der Waals surface area contributed by atoms with E-state index >= 15 is 0 Å². The number of ether oxygens (including phenoxy) is 2. The van der Waals surface area contributed by atoms with Gasteiger partial charge < -0.3 is 15.2 Å². The molecular formula is C26H22N4O7. The van der Waals surface area contributed by atoms with Crippen molar-refractivity contribution < 1.29 is 23.9 Å². The number of nitrogen functional groups attached to an aromatic ring is 1. The predicted molar refractivity (Wildman–Crippen MR) is 133 cm³/mol. The Morgan fingerprint density at radius 2 is 1.62 bits per heavy atom. The summed E-state index contributed by atoms with van der Waals surface area (Å²) in [6.07, 6.45) is 0. The second-order valence-corrected chi connectivity index (χ2v) is 7.97. The monoisotopic (exact) mass is 502 g/mol. The van der Waals surface area contributed by atoms with E-state index in [0.717, 1.165) is 17.1 Å². The van der Waals surface area contributed by atoms with Crippen LogP contribution in [0.2, 0.25) is 0 Å². The Labute approximate surface area is 209 Å². The number of pyridine rings is 1. The quantitative estimate of drug-likeness (QED) is 0.278. The van der Waals surface area contributed by atoms with Gasteiger partial charge in [0.15, 0.2) is 6.61 Å². The third-order valence-electron chi connectivity index (χ3n) is 5.59. The molecule has 2 aromatic carbocycles. The zero-order chi connectivity index (χ0) is 26.5. The van der Waals surface area contributed by atoms with E-state index in [4.69, 9.17) is 10.5 Å². The fraction of sp³-hybridized carbons (Fsp3) is 0.154. The van der Waals surface area contributed by atoms with Crippen LogP contribution < -0.4 is 17.0 Å². The van der Waals surface area contributed by atoms with Gasteiger partial charge in [-0.2, -0.15) is 0 Å². The molecule has 0 spiro atoms. The normalized spacial score (nSPS) is 10.7. The van der Waals surface area contributed by atoms with Gasteiger partial charge in [-0.1, -0.05) is 54.6 Å². The minimum Gasteiger partial charge on any atom is -0.468 e. The molecule has 0 bridgehead atoms. The SMILES string of the molecule is COC(=O)Cn1c(=O)c(C(=O)COC(=O)c2ccc3ccccc3n2)c(N)n(Cc2ccccc2)c1=O. The molecule has 0 atom stereocenters. The minimum atomic E-state index is -1.10. The van der Waals surface area contributed by atoms with Crippen molar-refractivity contribution in [1.82, 2.24) is 14.1 Å². The van der Waals surface area contributed by atoms with Gasteiger partial charge in [0.2, 0.25) is 5.78 Å². The van der Waals surface area contributed by atoms with Crippen molar-refractivity contribution in [3.8, 4) is 0 Å². The van der Waals surface area contributed by atoms with Crippen molar-refractivity contribution in [3.05, 3.63) is 104 Å². The molecule has 11 heteroatoms. The summed E-state index contributed by atoms with van der Waals surface area (Å²) in [6.45, 7) is -1.65. The van der Waals surface area contributed by atoms with Gasteiger partial charge in [0.05, 0.1) is 19.2 Å². The van der Waals surface area contributed by atoms with E-state index in [9.17, 15) is 24.0 Å². The molecule has 2 heterocycles. The number of ketones is 1. The van der Waals surface area contributed by atoms with E-state index in [1.54, 1.807) is 48.5 Å². The molecule has 0 amide bonds. The first-order chi connectivity index (χ1) is 17.8. The predicted octanol–water partition coefficient (Wildman–Crippen LogP) is 1.40. The van der Waals surface area contributed by atoms with Gasteiger partial charge in [0, 0.05) is 5.39 Å². The molecular weight excluding hydrogens is 480 g/mol. The molecule has 0 aliphatic carbocycles. The van der Waals surface area contributed by atoms with E-state index in [2.05, 4.69) is 9.72 Å². The number of rotatable bonds is 8. The van der Waals surface area contributed by atoms with Crippen LogP contribution in [-0.2, 0) is 27.4 Å². The summed E-state index contributed by atoms with van der Waals surface area (Å²) < 4.78 is 11.2. The van der Waals surface area contributed by atoms with Crippen LogP contribution in [0.1, 0.15) is 26.4 Å². The Morgan fingerprint density at radius 3 is 2.35 bits per heavy atom. The van der Waals surface area contributed by atoms with E-state index in [0.29, 0.717) is 15.6 Å². The number of methoxy groups -OCH3 is 1. The van der Waals surface area contributed by atoms with Crippen LogP contribution in [0.25, 0.3) is 10.9 Å². The molecule has 4 aromatic rings. The highest BCUT2D eigenvalue weighted by Crippen LogP contribution is 2.13. The Morgan fingerprint density at radius 1 is 0.919 bits per heavy atom. The molecule has 0 unspecified atom stereocenters. The van der Waals surface area contributed by atoms with E-state index in [1.807, 2.05) is 12.1 Å². The molecule has 2 N–H and O–H groups in total. The van der Waals surface area contributed by atoms with E-state index in [-0.39, 0.29) is 12.2 Å². The average molecular weight is 502 g/mol. The van der Waals surface area contributed by atoms with E-state index in [1.165, 1.54) is 6.07 Å². The summed E-state index contributed by atoms with van der Waals surface area (Å²) in [5.41, 5.74) is 4.72. The molecule has 188 valence electrons. The third-order valence-corrected chi connectivity index (χ3v) is 5.59. The smallest absolute Gasteiger partial charge is 0.357 e. The first kappa shape index (κ1) is 25.0. The minimum absolute atomic E-state index is 0.0309. The number of para-hydroxylation sites is 1. The lowest BCUT2D eigenvalue weighted by Crippen LogP contribution is -2.46. The van der Waals surface area contributed by atoms with Crippen LogP contribution in [0.4, 0.5) is 5.82 Å². The molecule has 0 saturated carbocycles. The van der Waals surface area contributed by atoms with Crippen molar-refractivity contribution in [2.45, 2.75) is 13.1 Å². The van der Waals surface area contributed by atoms with Gasteiger partial charge in [-0.15, -0.1) is 0 Å². The van der Waals surface area contributed by atoms with Crippen LogP contribution in [0.5, 0.6) is 0 Å². The van der Waals surface area contributed by atoms with Crippen molar-refractivity contribution in [2.24, 2.45) is 0 Å². The first-order valence-corrected chi connectivity index (χ1v) is 11.1. The van der Waals surface area contributed by atoms with Crippen LogP contribution >= 0.6 is 0 Å². The van der Waals surface area contributed by atoms with Crippen LogP contribution in [0.3, 0.4) is 0 Å². The summed E-state index contributed by atoms with van der Waals surface area (Å²) in [4.78, 5) is 67.7. The fourth-order valence-electron chi connectivity index (χ4n) is 3.69. The Bertz CT molecular complexity index is 1620. The largest absolute Gasteiger partial charge is 0.468 e. The van der Waals surface area contributed by atoms with Crippen molar-refractivity contribution in [3.63, 3.8) is 0 Å². The van der Waals surface area contributed by atoms with Gasteiger partial charge in [-0.25, -0.2) is 19.1 Å². The number of carbonyl (C=O) groups is 3. The highest BCUT2D eigenvalue weighted by atomic mass is 16.5.